The van der Waals surface area contributed by atoms with Gasteiger partial charge in [-0.3, -0.25) is 0 Å². The van der Waals surface area contributed by atoms with Crippen molar-refractivity contribution in [2.24, 2.45) is 0 Å². The van der Waals surface area contributed by atoms with Crippen molar-refractivity contribution in [1.29, 1.82) is 0 Å². The summed E-state index contributed by atoms with van der Waals surface area (Å²) >= 11 is 0. The second-order valence-electron chi connectivity index (χ2n) is 6.30. The van der Waals surface area contributed by atoms with E-state index in [2.05, 4.69) is 4.98 Å². The van der Waals surface area contributed by atoms with Crippen LogP contribution in [0.25, 0.3) is 22.4 Å². The zero-order chi connectivity index (χ0) is 18.9. The minimum atomic E-state index is -4.39. The predicted octanol–water partition coefficient (Wildman–Crippen LogP) is 5.38. The van der Waals surface area contributed by atoms with Crippen molar-refractivity contribution in [2.45, 2.75) is 33.5 Å². The van der Waals surface area contributed by atoms with Gasteiger partial charge in [-0.05, 0) is 44.5 Å². The van der Waals surface area contributed by atoms with Crippen LogP contribution in [0.15, 0.2) is 36.4 Å². The topological polar surface area (TPSA) is 27.1 Å². The van der Waals surface area contributed by atoms with Crippen molar-refractivity contribution in [3.8, 4) is 11.4 Å². The van der Waals surface area contributed by atoms with E-state index in [1.54, 1.807) is 0 Å². The van der Waals surface area contributed by atoms with Crippen molar-refractivity contribution in [1.82, 2.24) is 9.55 Å². The van der Waals surface area contributed by atoms with Crippen molar-refractivity contribution in [2.75, 3.05) is 13.2 Å². The molecule has 1 aromatic heterocycles. The molecule has 0 saturated carbocycles. The first-order valence-corrected chi connectivity index (χ1v) is 8.54. The third kappa shape index (κ3) is 3.60. The van der Waals surface area contributed by atoms with Crippen LogP contribution in [-0.2, 0) is 17.5 Å². The molecule has 0 aliphatic carbocycles. The Morgan fingerprint density at radius 1 is 1.08 bits per heavy atom. The molecule has 138 valence electrons. The maximum Gasteiger partial charge on any atom is 0.416 e. The average molecular weight is 362 g/mol. The number of fused-ring (bicyclic) bond motifs is 1. The zero-order valence-corrected chi connectivity index (χ0v) is 15.0. The first-order valence-electron chi connectivity index (χ1n) is 8.54. The van der Waals surface area contributed by atoms with Gasteiger partial charge in [-0.15, -0.1) is 0 Å². The van der Waals surface area contributed by atoms with Crippen LogP contribution in [0.3, 0.4) is 0 Å². The smallest absolute Gasteiger partial charge is 0.380 e. The highest BCUT2D eigenvalue weighted by atomic mass is 19.4. The lowest BCUT2D eigenvalue weighted by atomic mass is 10.1. The Morgan fingerprint density at radius 3 is 2.50 bits per heavy atom. The van der Waals surface area contributed by atoms with Crippen molar-refractivity contribution in [3.05, 3.63) is 53.1 Å². The fourth-order valence-electron chi connectivity index (χ4n) is 3.10. The van der Waals surface area contributed by atoms with Crippen LogP contribution >= 0.6 is 0 Å². The van der Waals surface area contributed by atoms with E-state index in [9.17, 15) is 13.2 Å². The molecule has 1 heterocycles. The van der Waals surface area contributed by atoms with Gasteiger partial charge in [0.1, 0.15) is 5.82 Å². The molecule has 3 aromatic rings. The van der Waals surface area contributed by atoms with Crippen LogP contribution in [-0.4, -0.2) is 22.8 Å². The molecule has 26 heavy (non-hydrogen) atoms. The van der Waals surface area contributed by atoms with Crippen LogP contribution in [0.5, 0.6) is 0 Å². The fraction of sp³-hybridized carbons (Fsp3) is 0.350. The van der Waals surface area contributed by atoms with Gasteiger partial charge in [0, 0.05) is 18.7 Å². The van der Waals surface area contributed by atoms with Crippen LogP contribution < -0.4 is 0 Å². The number of rotatable bonds is 5. The van der Waals surface area contributed by atoms with Crippen molar-refractivity contribution < 1.29 is 17.9 Å². The summed E-state index contributed by atoms with van der Waals surface area (Å²) in [7, 11) is 0. The number of imidazole rings is 1. The number of alkyl halides is 3. The summed E-state index contributed by atoms with van der Waals surface area (Å²) in [6, 6.07) is 9.70. The second kappa shape index (κ2) is 7.11. The minimum Gasteiger partial charge on any atom is -0.380 e. The third-order valence-electron chi connectivity index (χ3n) is 4.36. The van der Waals surface area contributed by atoms with E-state index < -0.39 is 11.7 Å². The maximum absolute atomic E-state index is 13.0. The Morgan fingerprint density at radius 2 is 1.85 bits per heavy atom. The Bertz CT molecular complexity index is 929. The molecule has 0 aliphatic heterocycles. The van der Waals surface area contributed by atoms with Gasteiger partial charge in [0.25, 0.3) is 0 Å². The fourth-order valence-corrected chi connectivity index (χ4v) is 3.10. The second-order valence-corrected chi connectivity index (χ2v) is 6.30. The normalized spacial score (nSPS) is 12.1. The number of hydrogen-bond acceptors (Lipinski definition) is 2. The molecule has 0 aliphatic rings. The average Bonchev–Trinajstić information content (AvgIpc) is 2.92. The van der Waals surface area contributed by atoms with Gasteiger partial charge in [0.05, 0.1) is 23.2 Å². The van der Waals surface area contributed by atoms with Crippen LogP contribution in [0, 0.1) is 13.8 Å². The van der Waals surface area contributed by atoms with E-state index in [0.29, 0.717) is 36.6 Å². The van der Waals surface area contributed by atoms with E-state index in [1.165, 1.54) is 6.07 Å². The Kier molecular flexibility index (Phi) is 5.05. The summed E-state index contributed by atoms with van der Waals surface area (Å²) in [5, 5.41) is 0. The van der Waals surface area contributed by atoms with Crippen molar-refractivity contribution in [3.63, 3.8) is 0 Å². The SMILES string of the molecule is CCOCCn1c(-c2ccc(C)cc2C)nc2cc(C(F)(F)F)ccc21. The maximum atomic E-state index is 13.0. The van der Waals surface area contributed by atoms with Gasteiger partial charge in [0.15, 0.2) is 0 Å². The molecule has 3 nitrogen and oxygen atoms in total. The van der Waals surface area contributed by atoms with E-state index in [0.717, 1.165) is 28.8 Å². The molecule has 0 radical (unpaired) electrons. The molecule has 0 fully saturated rings. The van der Waals surface area contributed by atoms with E-state index >= 15 is 0 Å². The summed E-state index contributed by atoms with van der Waals surface area (Å²) in [5.74, 6) is 0.663. The molecule has 0 saturated heterocycles. The highest BCUT2D eigenvalue weighted by Gasteiger charge is 2.31. The molecule has 0 spiro atoms. The highest BCUT2D eigenvalue weighted by Crippen LogP contribution is 2.33. The third-order valence-corrected chi connectivity index (χ3v) is 4.36. The Hall–Kier alpha value is -2.34. The van der Waals surface area contributed by atoms with Crippen molar-refractivity contribution >= 4 is 11.0 Å². The molecule has 3 rings (SSSR count). The van der Waals surface area contributed by atoms with E-state index in [1.807, 2.05) is 43.5 Å². The summed E-state index contributed by atoms with van der Waals surface area (Å²) in [6.45, 7) is 7.48. The first-order chi connectivity index (χ1) is 12.3. The standard InChI is InChI=1S/C20H21F3N2O/c1-4-26-10-9-25-18-8-6-15(20(21,22)23)12-17(18)24-19(25)16-7-5-13(2)11-14(16)3/h5-8,11-12H,4,9-10H2,1-3H3. The number of aromatic nitrogens is 2. The lowest BCUT2D eigenvalue weighted by Gasteiger charge is -2.12. The molecule has 2 aromatic carbocycles. The summed E-state index contributed by atoms with van der Waals surface area (Å²) < 4.78 is 46.5. The molecular weight excluding hydrogens is 341 g/mol. The molecular formula is C20H21F3N2O. The monoisotopic (exact) mass is 362 g/mol. The summed E-state index contributed by atoms with van der Waals surface area (Å²) in [4.78, 5) is 4.53. The Balaban J connectivity index is 2.17. The predicted molar refractivity (Wildman–Crippen MR) is 96.1 cm³/mol. The molecule has 0 amide bonds. The summed E-state index contributed by atoms with van der Waals surface area (Å²) in [5.41, 5.74) is 3.40. The summed E-state index contributed by atoms with van der Waals surface area (Å²) in [6.07, 6.45) is -4.39. The zero-order valence-electron chi connectivity index (χ0n) is 15.0. The lowest BCUT2D eigenvalue weighted by Crippen LogP contribution is -2.08. The number of ether oxygens (including phenoxy) is 1. The molecule has 0 N–H and O–H groups in total. The van der Waals surface area contributed by atoms with Gasteiger partial charge >= 0.3 is 6.18 Å². The lowest BCUT2D eigenvalue weighted by molar-refractivity contribution is -0.137. The molecule has 6 heteroatoms. The number of halogens is 3. The van der Waals surface area contributed by atoms with Crippen LogP contribution in [0.4, 0.5) is 13.2 Å². The highest BCUT2D eigenvalue weighted by molar-refractivity contribution is 5.82. The van der Waals surface area contributed by atoms with E-state index in [-0.39, 0.29) is 0 Å². The number of nitrogens with zero attached hydrogens (tertiary/aromatic N) is 2. The molecule has 0 atom stereocenters. The number of aryl methyl sites for hydroxylation is 2. The molecule has 0 unspecified atom stereocenters. The quantitative estimate of drug-likeness (QED) is 0.570. The number of hydrogen-bond donors (Lipinski definition) is 0. The van der Waals surface area contributed by atoms with Crippen LogP contribution in [0.2, 0.25) is 0 Å². The largest absolute Gasteiger partial charge is 0.416 e. The number of benzene rings is 2. The molecule has 0 bridgehead atoms. The Labute approximate surface area is 150 Å². The van der Waals surface area contributed by atoms with Gasteiger partial charge in [-0.1, -0.05) is 23.8 Å². The van der Waals surface area contributed by atoms with E-state index in [4.69, 9.17) is 4.74 Å². The van der Waals surface area contributed by atoms with Gasteiger partial charge in [-0.2, -0.15) is 13.2 Å². The van der Waals surface area contributed by atoms with Crippen LogP contribution in [0.1, 0.15) is 23.6 Å². The minimum absolute atomic E-state index is 0.339. The van der Waals surface area contributed by atoms with Gasteiger partial charge in [0.2, 0.25) is 0 Å². The first kappa shape index (κ1) is 18.5. The van der Waals surface area contributed by atoms with Gasteiger partial charge in [-0.25, -0.2) is 4.98 Å². The van der Waals surface area contributed by atoms with Gasteiger partial charge < -0.3 is 9.30 Å².